The maximum Gasteiger partial charge on any atom is 0.211 e. The molecule has 0 saturated carbocycles. The largest absolute Gasteiger partial charge is 0.790 e. The smallest absolute Gasteiger partial charge is 0.211 e. The molecule has 0 heterocycles. The van der Waals surface area contributed by atoms with Gasteiger partial charge in [0.1, 0.15) is 13.1 Å². The number of ether oxygens (including phenoxy) is 2. The van der Waals surface area contributed by atoms with Gasteiger partial charge in [-0.15, -0.1) is 0 Å². The van der Waals surface area contributed by atoms with Crippen LogP contribution in [0.1, 0.15) is 48.5 Å². The van der Waals surface area contributed by atoms with Crippen LogP contribution in [0.5, 0.6) is 0 Å². The van der Waals surface area contributed by atoms with E-state index >= 15 is 0 Å². The number of phosphoric acid groups is 1. The van der Waals surface area contributed by atoms with E-state index < -0.39 is 36.3 Å². The zero-order valence-electron chi connectivity index (χ0n) is 27.5. The highest BCUT2D eigenvalue weighted by molar-refractivity contribution is 7.88. The lowest BCUT2D eigenvalue weighted by Gasteiger charge is -2.38. The van der Waals surface area contributed by atoms with Crippen molar-refractivity contribution in [1.29, 1.82) is 0 Å². The van der Waals surface area contributed by atoms with E-state index in [9.17, 15) is 22.8 Å². The third kappa shape index (κ3) is 29.3. The highest BCUT2D eigenvalue weighted by Gasteiger charge is 2.34. The van der Waals surface area contributed by atoms with Crippen molar-refractivity contribution in [2.45, 2.75) is 66.2 Å². The fourth-order valence-electron chi connectivity index (χ4n) is 2.60. The topological polar surface area (TPSA) is 169 Å². The summed E-state index contributed by atoms with van der Waals surface area (Å²) in [5, 5.41) is 16.8. The molecule has 0 saturated heterocycles. The van der Waals surface area contributed by atoms with Crippen LogP contribution in [-0.4, -0.2) is 144 Å². The molecule has 246 valence electrons. The lowest BCUT2D eigenvalue weighted by atomic mass is 9.90. The molecule has 13 nitrogen and oxygen atoms in total. The molecule has 0 amide bonds. The second kappa shape index (κ2) is 18.4. The molecule has 0 rings (SSSR count). The average Bonchev–Trinajstić information content (AvgIpc) is 2.64. The fraction of sp³-hybridized carbons (Fsp3) is 1.00. The van der Waals surface area contributed by atoms with Crippen LogP contribution in [0.2, 0.25) is 0 Å². The third-order valence-corrected chi connectivity index (χ3v) is 7.19. The lowest BCUT2D eigenvalue weighted by Crippen LogP contribution is -2.51. The van der Waals surface area contributed by atoms with E-state index in [0.717, 1.165) is 28.3 Å². The molecule has 15 heteroatoms. The SMILES string of the molecule is C[C@H](O[C@H](COCOP(=O)([O-])[O-])CN(C(C)(C)C)S(C)(=O)=O)C(C)(C)C.C[N+](C)(C)CCO.C[N+](C)(C)CCO. The number of aliphatic hydroxyl groups is 2. The molecule has 2 N–H and O–H groups in total. The molecule has 2 atom stereocenters. The van der Waals surface area contributed by atoms with Crippen LogP contribution < -0.4 is 9.79 Å². The number of nitrogens with zero attached hydrogens (tertiary/aromatic N) is 3. The molecular formula is C25H60N3O10PS. The summed E-state index contributed by atoms with van der Waals surface area (Å²) in [6.07, 6.45) is 0.195. The van der Waals surface area contributed by atoms with Crippen molar-refractivity contribution in [3.05, 3.63) is 0 Å². The number of aliphatic hydroxyl groups excluding tert-OH is 2. The summed E-state index contributed by atoms with van der Waals surface area (Å²) in [4.78, 5) is 21.0. The molecule has 40 heavy (non-hydrogen) atoms. The van der Waals surface area contributed by atoms with Gasteiger partial charge in [-0.1, -0.05) is 20.8 Å². The first kappa shape index (κ1) is 44.2. The lowest BCUT2D eigenvalue weighted by molar-refractivity contribution is -0.870. The third-order valence-electron chi connectivity index (χ3n) is 5.27. The average molecular weight is 626 g/mol. The van der Waals surface area contributed by atoms with Gasteiger partial charge >= 0.3 is 0 Å². The summed E-state index contributed by atoms with van der Waals surface area (Å²) < 4.78 is 52.8. The number of phosphoric ester groups is 1. The van der Waals surface area contributed by atoms with E-state index in [1.165, 1.54) is 4.31 Å². The predicted molar refractivity (Wildman–Crippen MR) is 155 cm³/mol. The van der Waals surface area contributed by atoms with Crippen LogP contribution in [0.4, 0.5) is 0 Å². The zero-order chi connectivity index (χ0) is 32.8. The number of hydrogen-bond donors (Lipinski definition) is 2. The Bertz CT molecular complexity index is 795. The molecule has 0 aliphatic heterocycles. The summed E-state index contributed by atoms with van der Waals surface area (Å²) in [7, 11) is 3.66. The first-order valence-corrected chi connectivity index (χ1v) is 16.5. The summed E-state index contributed by atoms with van der Waals surface area (Å²) in [5.74, 6) is 0. The highest BCUT2D eigenvalue weighted by Crippen LogP contribution is 2.26. The van der Waals surface area contributed by atoms with E-state index in [2.05, 4.69) is 46.8 Å². The predicted octanol–water partition coefficient (Wildman–Crippen LogP) is 0.0555. The van der Waals surface area contributed by atoms with Crippen molar-refractivity contribution in [1.82, 2.24) is 4.31 Å². The highest BCUT2D eigenvalue weighted by atomic mass is 32.2. The van der Waals surface area contributed by atoms with E-state index in [4.69, 9.17) is 19.7 Å². The zero-order valence-corrected chi connectivity index (χ0v) is 29.2. The molecule has 0 aliphatic rings. The number of hydrogen-bond acceptors (Lipinski definition) is 10. The second-order valence-electron chi connectivity index (χ2n) is 13.8. The van der Waals surface area contributed by atoms with Crippen molar-refractivity contribution in [3.63, 3.8) is 0 Å². The minimum atomic E-state index is -5.13. The number of quaternary nitrogens is 2. The molecule has 0 aliphatic carbocycles. The number of rotatable bonds is 14. The van der Waals surface area contributed by atoms with E-state index in [-0.39, 0.29) is 37.9 Å². The Hall–Kier alpha value is -0.220. The van der Waals surface area contributed by atoms with E-state index in [1.54, 1.807) is 20.8 Å². The molecule has 0 aromatic carbocycles. The van der Waals surface area contributed by atoms with Gasteiger partial charge in [-0.25, -0.2) is 8.42 Å². The minimum absolute atomic E-state index is 0.00909. The summed E-state index contributed by atoms with van der Waals surface area (Å²) >= 11 is 0. The Labute approximate surface area is 244 Å². The summed E-state index contributed by atoms with van der Waals surface area (Å²) in [5.41, 5.74) is -0.886. The molecular weight excluding hydrogens is 565 g/mol. The van der Waals surface area contributed by atoms with Crippen LogP contribution in [0.15, 0.2) is 0 Å². The Morgan fingerprint density at radius 2 is 1.30 bits per heavy atom. The first-order valence-electron chi connectivity index (χ1n) is 13.2. The monoisotopic (exact) mass is 625 g/mol. The van der Waals surface area contributed by atoms with Crippen LogP contribution in [0, 0.1) is 5.41 Å². The van der Waals surface area contributed by atoms with Gasteiger partial charge in [0.05, 0.1) is 88.4 Å². The molecule has 0 fully saturated rings. The number of sulfonamides is 1. The minimum Gasteiger partial charge on any atom is -0.790 e. The summed E-state index contributed by atoms with van der Waals surface area (Å²) in [6.45, 7) is 14.4. The van der Waals surface area contributed by atoms with Gasteiger partial charge in [-0.05, 0) is 33.1 Å². The Balaban J connectivity index is -0.000000795. The summed E-state index contributed by atoms with van der Waals surface area (Å²) in [6, 6.07) is 0. The van der Waals surface area contributed by atoms with Gasteiger partial charge in [0.25, 0.3) is 0 Å². The van der Waals surface area contributed by atoms with Crippen LogP contribution in [-0.2, 0) is 28.6 Å². The van der Waals surface area contributed by atoms with Gasteiger partial charge in [0.2, 0.25) is 10.0 Å². The van der Waals surface area contributed by atoms with Crippen molar-refractivity contribution in [2.75, 3.05) is 94.8 Å². The maximum atomic E-state index is 12.1. The van der Waals surface area contributed by atoms with Crippen molar-refractivity contribution in [3.8, 4) is 0 Å². The first-order chi connectivity index (χ1) is 17.5. The fourth-order valence-corrected chi connectivity index (χ4v) is 4.24. The van der Waals surface area contributed by atoms with Crippen LogP contribution >= 0.6 is 7.82 Å². The van der Waals surface area contributed by atoms with Crippen molar-refractivity contribution >= 4 is 17.8 Å². The van der Waals surface area contributed by atoms with Crippen LogP contribution in [0.3, 0.4) is 0 Å². The molecule has 0 aromatic rings. The Kier molecular flexibility index (Phi) is 20.4. The molecule has 0 spiro atoms. The van der Waals surface area contributed by atoms with E-state index in [1.807, 2.05) is 27.7 Å². The maximum absolute atomic E-state index is 12.1. The van der Waals surface area contributed by atoms with Gasteiger partial charge in [0.15, 0.2) is 6.79 Å². The van der Waals surface area contributed by atoms with Gasteiger partial charge in [-0.2, -0.15) is 4.31 Å². The van der Waals surface area contributed by atoms with Gasteiger partial charge in [0, 0.05) is 12.1 Å². The van der Waals surface area contributed by atoms with Crippen molar-refractivity contribution < 1.29 is 55.9 Å². The van der Waals surface area contributed by atoms with E-state index in [0.29, 0.717) is 0 Å². The molecule has 0 aromatic heterocycles. The van der Waals surface area contributed by atoms with Crippen molar-refractivity contribution in [2.24, 2.45) is 5.41 Å². The standard InChI is InChI=1S/C15H34NO8PS.2C5H14NO/c1-12(14(2,3)4)24-13(10-22-11-23-25(17,18)19)9-16(15(5,6)7)26(8,20)21;2*1-6(2,3)4-5-7/h12-13H,9-11H2,1-8H3,(H2,17,18,19);2*7H,4-5H2,1-3H3/q;2*+1/p-2/t12-,13-;;/m0../s1. The quantitative estimate of drug-likeness (QED) is 0.117. The van der Waals surface area contributed by atoms with Gasteiger partial charge < -0.3 is 47.5 Å². The Morgan fingerprint density at radius 3 is 1.52 bits per heavy atom. The molecule has 0 radical (unpaired) electrons. The van der Waals surface area contributed by atoms with Crippen LogP contribution in [0.25, 0.3) is 0 Å². The molecule has 0 unspecified atom stereocenters. The Morgan fingerprint density at radius 1 is 0.900 bits per heavy atom. The second-order valence-corrected chi connectivity index (χ2v) is 16.8. The number of likely N-dealkylation sites (N-methyl/N-ethyl adjacent to an activating group) is 2. The normalized spacial score (nSPS) is 15.1. The van der Waals surface area contributed by atoms with Gasteiger partial charge in [-0.3, -0.25) is 0 Å². The molecule has 0 bridgehead atoms.